The van der Waals surface area contributed by atoms with Crippen molar-refractivity contribution in [2.24, 2.45) is 0 Å². The van der Waals surface area contributed by atoms with Crippen LogP contribution in [0, 0.1) is 0 Å². The summed E-state index contributed by atoms with van der Waals surface area (Å²) >= 11 is 0. The van der Waals surface area contributed by atoms with Crippen LogP contribution in [-0.4, -0.2) is 19.1 Å². The molecule has 0 saturated heterocycles. The van der Waals surface area contributed by atoms with E-state index in [2.05, 4.69) is 246 Å². The fourth-order valence-electron chi connectivity index (χ4n) is 12.2. The van der Waals surface area contributed by atoms with E-state index >= 15 is 0 Å². The molecule has 0 radical (unpaired) electrons. The van der Waals surface area contributed by atoms with Crippen LogP contribution in [0.1, 0.15) is 22.3 Å². The molecule has 4 nitrogen and oxygen atoms in total. The molecule has 0 fully saturated rings. The predicted octanol–water partition coefficient (Wildman–Crippen LogP) is 16.0. The largest absolute Gasteiger partial charge is 0.309 e. The first-order valence-electron chi connectivity index (χ1n) is 23.7. The van der Waals surface area contributed by atoms with Crippen LogP contribution in [-0.2, 0) is 5.41 Å². The zero-order valence-electron chi connectivity index (χ0n) is 37.4. The molecule has 10 aromatic carbocycles. The minimum absolute atomic E-state index is 0.444. The third-order valence-electron chi connectivity index (χ3n) is 14.9. The molecule has 320 valence electrons. The van der Waals surface area contributed by atoms with Gasteiger partial charge in [-0.1, -0.05) is 194 Å². The molecule has 1 spiro atoms. The molecule has 2 aliphatic carbocycles. The monoisotopic (exact) mass is 876 g/mol. The summed E-state index contributed by atoms with van der Waals surface area (Å²) in [6.07, 6.45) is 0. The van der Waals surface area contributed by atoms with Crippen LogP contribution >= 0.6 is 0 Å². The summed E-state index contributed by atoms with van der Waals surface area (Å²) in [5, 5.41) is 4.92. The first kappa shape index (κ1) is 38.0. The van der Waals surface area contributed by atoms with E-state index in [1.54, 1.807) is 0 Å². The van der Waals surface area contributed by atoms with Gasteiger partial charge in [0.2, 0.25) is 0 Å². The quantitative estimate of drug-likeness (QED) is 0.173. The maximum absolute atomic E-state index is 5.41. The van der Waals surface area contributed by atoms with Gasteiger partial charge in [-0.05, 0) is 93.0 Å². The van der Waals surface area contributed by atoms with Crippen LogP contribution in [0.3, 0.4) is 0 Å². The molecule has 2 aliphatic rings. The van der Waals surface area contributed by atoms with E-state index in [9.17, 15) is 0 Å². The van der Waals surface area contributed by atoms with Gasteiger partial charge in [0.15, 0.2) is 5.82 Å². The molecular weight excluding hydrogens is 837 g/mol. The van der Waals surface area contributed by atoms with E-state index in [0.29, 0.717) is 5.82 Å². The van der Waals surface area contributed by atoms with Gasteiger partial charge >= 0.3 is 0 Å². The van der Waals surface area contributed by atoms with Crippen LogP contribution in [0.4, 0.5) is 0 Å². The first-order valence-corrected chi connectivity index (χ1v) is 23.7. The van der Waals surface area contributed by atoms with Gasteiger partial charge in [-0.25, -0.2) is 9.97 Å². The number of para-hydroxylation sites is 3. The van der Waals surface area contributed by atoms with Crippen molar-refractivity contribution in [1.29, 1.82) is 0 Å². The van der Waals surface area contributed by atoms with E-state index < -0.39 is 5.41 Å². The smallest absolute Gasteiger partial charge is 0.160 e. The molecule has 3 heterocycles. The minimum atomic E-state index is -0.444. The van der Waals surface area contributed by atoms with Gasteiger partial charge in [0.25, 0.3) is 0 Å². The number of nitrogens with zero attached hydrogens (tertiary/aromatic N) is 4. The summed E-state index contributed by atoms with van der Waals surface area (Å²) in [6.45, 7) is 0. The number of rotatable bonds is 5. The van der Waals surface area contributed by atoms with Crippen LogP contribution in [0.15, 0.2) is 243 Å². The van der Waals surface area contributed by atoms with Gasteiger partial charge in [0.1, 0.15) is 0 Å². The standard InChI is InChI=1S/C65H40N4/c1-3-19-41(20-4-1)56-40-57(67-64(66-56)42-21-5-2-6-22-42)43-37-44(68-58-32-16-10-25-48(58)49-26-11-17-33-59(49)68)39-45(38-43)69-60-34-18-12-28-51(60)63-61(69)36-35-55-62(63)50-27-9-15-31-54(50)65(55)52-29-13-7-23-46(52)47-24-8-14-30-53(47)65/h1-40H. The summed E-state index contributed by atoms with van der Waals surface area (Å²) in [4.78, 5) is 10.6. The zero-order chi connectivity index (χ0) is 45.2. The SMILES string of the molecule is c1ccc(-c2cc(-c3cc(-n4c5ccccc5c5ccccc54)cc(-n4c5ccccc5c5c6c(ccc54)C4(c5ccccc5-c5ccccc54)c4ccccc4-6)c3)nc(-c3ccccc3)n2)cc1. The van der Waals surface area contributed by atoms with Crippen molar-refractivity contribution in [2.75, 3.05) is 0 Å². The van der Waals surface area contributed by atoms with Gasteiger partial charge < -0.3 is 9.13 Å². The van der Waals surface area contributed by atoms with Crippen molar-refractivity contribution in [3.8, 4) is 67.5 Å². The molecule has 0 unspecified atom stereocenters. The molecule has 0 amide bonds. The van der Waals surface area contributed by atoms with E-state index in [-0.39, 0.29) is 0 Å². The van der Waals surface area contributed by atoms with Gasteiger partial charge in [0, 0.05) is 49.6 Å². The van der Waals surface area contributed by atoms with Gasteiger partial charge in [-0.15, -0.1) is 0 Å². The number of benzene rings is 10. The van der Waals surface area contributed by atoms with Crippen molar-refractivity contribution in [3.05, 3.63) is 265 Å². The minimum Gasteiger partial charge on any atom is -0.309 e. The summed E-state index contributed by atoms with van der Waals surface area (Å²) in [5.74, 6) is 0.686. The highest BCUT2D eigenvalue weighted by molar-refractivity contribution is 6.19. The Labute approximate surface area is 398 Å². The van der Waals surface area contributed by atoms with E-state index in [0.717, 1.165) is 61.5 Å². The highest BCUT2D eigenvalue weighted by atomic mass is 15.0. The molecule has 0 aliphatic heterocycles. The Morgan fingerprint density at radius 3 is 1.36 bits per heavy atom. The van der Waals surface area contributed by atoms with Crippen LogP contribution in [0.5, 0.6) is 0 Å². The first-order chi connectivity index (χ1) is 34.2. The molecule has 0 atom stereocenters. The lowest BCUT2D eigenvalue weighted by molar-refractivity contribution is 0.794. The van der Waals surface area contributed by atoms with E-state index in [4.69, 9.17) is 9.97 Å². The molecule has 13 aromatic rings. The second-order valence-corrected chi connectivity index (χ2v) is 18.4. The van der Waals surface area contributed by atoms with E-state index in [1.165, 1.54) is 66.1 Å². The zero-order valence-corrected chi connectivity index (χ0v) is 37.4. The highest BCUT2D eigenvalue weighted by Gasteiger charge is 2.52. The Morgan fingerprint density at radius 1 is 0.304 bits per heavy atom. The lowest BCUT2D eigenvalue weighted by Crippen LogP contribution is -2.25. The lowest BCUT2D eigenvalue weighted by atomic mass is 9.70. The summed E-state index contributed by atoms with van der Waals surface area (Å²) in [7, 11) is 0. The molecule has 15 rings (SSSR count). The van der Waals surface area contributed by atoms with Crippen LogP contribution in [0.2, 0.25) is 0 Å². The number of fused-ring (bicyclic) bond motifs is 17. The average molecular weight is 877 g/mol. The van der Waals surface area contributed by atoms with Crippen molar-refractivity contribution < 1.29 is 0 Å². The topological polar surface area (TPSA) is 35.6 Å². The summed E-state index contributed by atoms with van der Waals surface area (Å²) in [6, 6.07) is 88.5. The van der Waals surface area contributed by atoms with Gasteiger partial charge in [0.05, 0.1) is 38.9 Å². The second kappa shape index (κ2) is 14.4. The molecule has 0 saturated carbocycles. The third-order valence-corrected chi connectivity index (χ3v) is 14.9. The van der Waals surface area contributed by atoms with Crippen LogP contribution < -0.4 is 0 Å². The molecule has 0 N–H and O–H groups in total. The van der Waals surface area contributed by atoms with E-state index in [1.807, 2.05) is 6.07 Å². The highest BCUT2D eigenvalue weighted by Crippen LogP contribution is 2.64. The predicted molar refractivity (Wildman–Crippen MR) is 283 cm³/mol. The average Bonchev–Trinajstić information content (AvgIpc) is 4.13. The molecular formula is C65H40N4. The Hall–Kier alpha value is -9.12. The Kier molecular flexibility index (Phi) is 7.96. The number of hydrogen-bond acceptors (Lipinski definition) is 2. The molecule has 0 bridgehead atoms. The Morgan fingerprint density at radius 2 is 0.754 bits per heavy atom. The summed E-state index contributed by atoms with van der Waals surface area (Å²) < 4.78 is 4.92. The third kappa shape index (κ3) is 5.28. The van der Waals surface area contributed by atoms with Crippen molar-refractivity contribution in [2.45, 2.75) is 5.41 Å². The maximum atomic E-state index is 5.41. The Bertz CT molecular complexity index is 4100. The fourth-order valence-corrected chi connectivity index (χ4v) is 12.2. The second-order valence-electron chi connectivity index (χ2n) is 18.4. The molecule has 3 aromatic heterocycles. The van der Waals surface area contributed by atoms with Crippen molar-refractivity contribution in [3.63, 3.8) is 0 Å². The lowest BCUT2D eigenvalue weighted by Gasteiger charge is -2.30. The normalized spacial score (nSPS) is 13.0. The van der Waals surface area contributed by atoms with Crippen molar-refractivity contribution in [1.82, 2.24) is 19.1 Å². The van der Waals surface area contributed by atoms with Crippen LogP contribution in [0.25, 0.3) is 111 Å². The Balaban J connectivity index is 1.05. The molecule has 4 heteroatoms. The maximum Gasteiger partial charge on any atom is 0.160 e. The number of aromatic nitrogens is 4. The van der Waals surface area contributed by atoms with Crippen molar-refractivity contribution >= 4 is 43.6 Å². The summed E-state index contributed by atoms with van der Waals surface area (Å²) in [5.41, 5.74) is 21.6. The fraction of sp³-hybridized carbons (Fsp3) is 0.0154. The van der Waals surface area contributed by atoms with Gasteiger partial charge in [-0.2, -0.15) is 0 Å². The number of hydrogen-bond donors (Lipinski definition) is 0. The molecule has 69 heavy (non-hydrogen) atoms. The van der Waals surface area contributed by atoms with Gasteiger partial charge in [-0.3, -0.25) is 0 Å².